The number of H-pyrrole nitrogens is 1. The number of hydrogen-bond donors (Lipinski definition) is 1. The fourth-order valence-electron chi connectivity index (χ4n) is 1.94. The molecule has 1 heterocycles. The van der Waals surface area contributed by atoms with Crippen LogP contribution in [0.3, 0.4) is 0 Å². The highest BCUT2D eigenvalue weighted by Crippen LogP contribution is 2.15. The number of rotatable bonds is 6. The number of hydrogen-bond acceptors (Lipinski definition) is 3. The fourth-order valence-corrected chi connectivity index (χ4v) is 1.94. The van der Waals surface area contributed by atoms with Crippen molar-refractivity contribution in [3.63, 3.8) is 0 Å². The van der Waals surface area contributed by atoms with Crippen LogP contribution in [-0.4, -0.2) is 47.3 Å². The van der Waals surface area contributed by atoms with Gasteiger partial charge < -0.3 is 9.64 Å². The lowest BCUT2D eigenvalue weighted by atomic mass is 10.1. The van der Waals surface area contributed by atoms with Crippen LogP contribution in [0.15, 0.2) is 0 Å². The van der Waals surface area contributed by atoms with E-state index >= 15 is 0 Å². The van der Waals surface area contributed by atoms with E-state index < -0.39 is 0 Å². The minimum absolute atomic E-state index is 0.0325. The standard InChI is InChI=1S/C13H23N3O2/c1-6-9(2)16(7-8-18-5)13(17)12-10(3)14-15-11(12)4/h9H,6-8H2,1-5H3,(H,14,15). The first-order chi connectivity index (χ1) is 8.52. The van der Waals surface area contributed by atoms with E-state index in [1.807, 2.05) is 18.7 Å². The minimum Gasteiger partial charge on any atom is -0.383 e. The molecule has 0 fully saturated rings. The van der Waals surface area contributed by atoms with E-state index in [1.54, 1.807) is 7.11 Å². The predicted octanol–water partition coefficient (Wildman–Crippen LogP) is 1.91. The van der Waals surface area contributed by atoms with E-state index in [0.717, 1.165) is 17.8 Å². The van der Waals surface area contributed by atoms with Crippen molar-refractivity contribution in [1.82, 2.24) is 15.1 Å². The van der Waals surface area contributed by atoms with Gasteiger partial charge in [0.15, 0.2) is 0 Å². The van der Waals surface area contributed by atoms with Crippen LogP contribution in [0.4, 0.5) is 0 Å². The molecule has 1 N–H and O–H groups in total. The molecule has 0 aliphatic heterocycles. The number of nitrogens with zero attached hydrogens (tertiary/aromatic N) is 2. The van der Waals surface area contributed by atoms with E-state index in [9.17, 15) is 4.79 Å². The predicted molar refractivity (Wildman–Crippen MR) is 70.7 cm³/mol. The third-order valence-corrected chi connectivity index (χ3v) is 3.26. The van der Waals surface area contributed by atoms with Gasteiger partial charge in [0.25, 0.3) is 5.91 Å². The molecule has 1 atom stereocenters. The number of aryl methyl sites for hydroxylation is 2. The molecule has 18 heavy (non-hydrogen) atoms. The highest BCUT2D eigenvalue weighted by atomic mass is 16.5. The first kappa shape index (κ1) is 14.7. The first-order valence-electron chi connectivity index (χ1n) is 6.34. The van der Waals surface area contributed by atoms with Crippen LogP contribution in [0.1, 0.15) is 42.0 Å². The molecule has 0 saturated heterocycles. The monoisotopic (exact) mass is 253 g/mol. The second-order valence-electron chi connectivity index (χ2n) is 4.56. The van der Waals surface area contributed by atoms with Crippen molar-refractivity contribution in [2.24, 2.45) is 0 Å². The molecule has 0 aliphatic carbocycles. The summed E-state index contributed by atoms with van der Waals surface area (Å²) in [5.41, 5.74) is 2.26. The Balaban J connectivity index is 2.95. The van der Waals surface area contributed by atoms with Gasteiger partial charge in [0.05, 0.1) is 17.9 Å². The molecular formula is C13H23N3O2. The maximum atomic E-state index is 12.6. The Morgan fingerprint density at radius 3 is 2.61 bits per heavy atom. The second-order valence-corrected chi connectivity index (χ2v) is 4.56. The average Bonchev–Trinajstić information content (AvgIpc) is 2.68. The van der Waals surface area contributed by atoms with E-state index in [4.69, 9.17) is 4.74 Å². The van der Waals surface area contributed by atoms with Gasteiger partial charge in [-0.3, -0.25) is 9.89 Å². The van der Waals surface area contributed by atoms with Crippen LogP contribution in [0.25, 0.3) is 0 Å². The van der Waals surface area contributed by atoms with Gasteiger partial charge in [0, 0.05) is 25.4 Å². The first-order valence-corrected chi connectivity index (χ1v) is 6.34. The smallest absolute Gasteiger partial charge is 0.257 e. The van der Waals surface area contributed by atoms with Gasteiger partial charge in [-0.2, -0.15) is 5.10 Å². The molecule has 5 heteroatoms. The van der Waals surface area contributed by atoms with Crippen LogP contribution in [-0.2, 0) is 4.74 Å². The third kappa shape index (κ3) is 3.10. The van der Waals surface area contributed by atoms with E-state index in [2.05, 4.69) is 24.0 Å². The van der Waals surface area contributed by atoms with Crippen molar-refractivity contribution >= 4 is 5.91 Å². The van der Waals surface area contributed by atoms with Crippen LogP contribution in [0.2, 0.25) is 0 Å². The molecule has 1 rings (SSSR count). The highest BCUT2D eigenvalue weighted by Gasteiger charge is 2.24. The number of ether oxygens (including phenoxy) is 1. The summed E-state index contributed by atoms with van der Waals surface area (Å²) < 4.78 is 5.08. The molecule has 1 aromatic rings. The Bertz CT molecular complexity index is 381. The molecule has 5 nitrogen and oxygen atoms in total. The zero-order valence-electron chi connectivity index (χ0n) is 11.9. The molecular weight excluding hydrogens is 230 g/mol. The van der Waals surface area contributed by atoms with E-state index in [-0.39, 0.29) is 11.9 Å². The van der Waals surface area contributed by atoms with Crippen LogP contribution < -0.4 is 0 Å². The van der Waals surface area contributed by atoms with Crippen molar-refractivity contribution in [3.8, 4) is 0 Å². The Kier molecular flexibility index (Phi) is 5.34. The summed E-state index contributed by atoms with van der Waals surface area (Å²) in [4.78, 5) is 14.4. The van der Waals surface area contributed by atoms with Crippen LogP contribution >= 0.6 is 0 Å². The molecule has 102 valence electrons. The van der Waals surface area contributed by atoms with Gasteiger partial charge in [-0.25, -0.2) is 0 Å². The number of nitrogens with one attached hydrogen (secondary N) is 1. The van der Waals surface area contributed by atoms with Gasteiger partial charge >= 0.3 is 0 Å². The van der Waals surface area contributed by atoms with Gasteiger partial charge in [-0.05, 0) is 27.2 Å². The van der Waals surface area contributed by atoms with Crippen molar-refractivity contribution in [3.05, 3.63) is 17.0 Å². The SMILES string of the molecule is CCC(C)N(CCOC)C(=O)c1c(C)n[nH]c1C. The largest absolute Gasteiger partial charge is 0.383 e. The molecule has 0 saturated carbocycles. The molecule has 1 amide bonds. The number of aromatic amines is 1. The third-order valence-electron chi connectivity index (χ3n) is 3.26. The zero-order valence-corrected chi connectivity index (χ0v) is 11.9. The Morgan fingerprint density at radius 1 is 1.50 bits per heavy atom. The van der Waals surface area contributed by atoms with Gasteiger partial charge in [-0.1, -0.05) is 6.92 Å². The number of aromatic nitrogens is 2. The lowest BCUT2D eigenvalue weighted by Gasteiger charge is -2.28. The Morgan fingerprint density at radius 2 is 2.17 bits per heavy atom. The van der Waals surface area contributed by atoms with Crippen LogP contribution in [0, 0.1) is 13.8 Å². The summed E-state index contributed by atoms with van der Waals surface area (Å²) in [6.07, 6.45) is 0.922. The lowest BCUT2D eigenvalue weighted by Crippen LogP contribution is -2.40. The molecule has 0 bridgehead atoms. The van der Waals surface area contributed by atoms with Crippen molar-refractivity contribution in [2.75, 3.05) is 20.3 Å². The summed E-state index contributed by atoms with van der Waals surface area (Å²) in [6.45, 7) is 9.01. The summed E-state index contributed by atoms with van der Waals surface area (Å²) in [6, 6.07) is 0.196. The van der Waals surface area contributed by atoms with Gasteiger partial charge in [0.1, 0.15) is 0 Å². The fraction of sp³-hybridized carbons (Fsp3) is 0.692. The summed E-state index contributed by atoms with van der Waals surface area (Å²) in [5.74, 6) is 0.0325. The molecule has 0 radical (unpaired) electrons. The maximum absolute atomic E-state index is 12.6. The molecule has 1 aromatic heterocycles. The molecule has 0 spiro atoms. The second kappa shape index (κ2) is 6.54. The van der Waals surface area contributed by atoms with Crippen molar-refractivity contribution in [1.29, 1.82) is 0 Å². The summed E-state index contributed by atoms with van der Waals surface area (Å²) >= 11 is 0. The Labute approximate surface area is 109 Å². The quantitative estimate of drug-likeness (QED) is 0.842. The number of carbonyl (C=O) groups is 1. The highest BCUT2D eigenvalue weighted by molar-refractivity contribution is 5.96. The van der Waals surface area contributed by atoms with Gasteiger partial charge in [-0.15, -0.1) is 0 Å². The van der Waals surface area contributed by atoms with E-state index in [1.165, 1.54) is 0 Å². The van der Waals surface area contributed by atoms with E-state index in [0.29, 0.717) is 18.7 Å². The normalized spacial score (nSPS) is 12.5. The van der Waals surface area contributed by atoms with Crippen molar-refractivity contribution in [2.45, 2.75) is 40.2 Å². The maximum Gasteiger partial charge on any atom is 0.257 e. The summed E-state index contributed by atoms with van der Waals surface area (Å²) in [5, 5.41) is 6.94. The molecule has 0 aliphatic rings. The summed E-state index contributed by atoms with van der Waals surface area (Å²) in [7, 11) is 1.65. The number of carbonyl (C=O) groups excluding carboxylic acids is 1. The number of methoxy groups -OCH3 is 1. The van der Waals surface area contributed by atoms with Crippen molar-refractivity contribution < 1.29 is 9.53 Å². The minimum atomic E-state index is 0.0325. The number of amides is 1. The van der Waals surface area contributed by atoms with Crippen LogP contribution in [0.5, 0.6) is 0 Å². The zero-order chi connectivity index (χ0) is 13.7. The topological polar surface area (TPSA) is 58.2 Å². The average molecular weight is 253 g/mol. The Hall–Kier alpha value is -1.36. The molecule has 1 unspecified atom stereocenters. The van der Waals surface area contributed by atoms with Gasteiger partial charge in [0.2, 0.25) is 0 Å². The lowest BCUT2D eigenvalue weighted by molar-refractivity contribution is 0.0612. The molecule has 0 aromatic carbocycles.